The standard InChI is InChI=1S/C44H63N11O17S/c1-20(36(46)64)47-39(67)28(17-31(45)58)52-40(68)27(16-24-9-11-25(57)12-10-24)51-38(66)26(13-14-33(60)61)49-42(70)30(19-73)53-41(69)29(18-34(62)63)50-37(65)22(3)55-15-7-5-6-8-32(59)54-35(23(4)56)43(71)48-21(2)44(55)72/h5,7,9-12,20-23,26-30,35,56-57,73H,6,8,13-19H2,1-4H3,(H2,45,58)(H2,46,64)(H,47,67)(H,48,71)(H,49,70)(H,50,65)(H,51,66)(H,52,68)(H,53,69)(H,54,59)(H,60,61)(H,62,63)/b7-5+/t20-,21-,22-,23+,26-,27-,28-,29-,30-,35-/m0/s1. The smallest absolute Gasteiger partial charge is 0.305 e. The van der Waals surface area contributed by atoms with Crippen LogP contribution in [-0.2, 0) is 68.7 Å². The van der Waals surface area contributed by atoms with Crippen LogP contribution in [0, 0.1) is 0 Å². The number of rotatable bonds is 25. The highest BCUT2D eigenvalue weighted by molar-refractivity contribution is 7.80. The van der Waals surface area contributed by atoms with Gasteiger partial charge < -0.3 is 79.3 Å². The first-order valence-electron chi connectivity index (χ1n) is 22.6. The van der Waals surface area contributed by atoms with E-state index in [1.54, 1.807) is 0 Å². The van der Waals surface area contributed by atoms with Gasteiger partial charge in [-0.25, -0.2) is 0 Å². The monoisotopic (exact) mass is 1050 g/mol. The van der Waals surface area contributed by atoms with E-state index in [9.17, 15) is 82.8 Å². The summed E-state index contributed by atoms with van der Waals surface area (Å²) in [6.45, 7) is 4.72. The molecule has 1 aliphatic rings. The number of phenols is 1. The Kier molecular flexibility index (Phi) is 24.8. The van der Waals surface area contributed by atoms with Crippen LogP contribution < -0.4 is 54.0 Å². The molecule has 16 N–H and O–H groups in total. The third-order valence-electron chi connectivity index (χ3n) is 10.9. The summed E-state index contributed by atoms with van der Waals surface area (Å²) in [5, 5.41) is 57.5. The Labute approximate surface area is 423 Å². The molecule has 0 aliphatic carbocycles. The molecule has 0 bridgehead atoms. The van der Waals surface area contributed by atoms with E-state index < -0.39 is 169 Å². The number of nitrogens with zero attached hydrogens (tertiary/aromatic N) is 1. The normalized spacial score (nSPS) is 18.9. The molecule has 1 aliphatic heterocycles. The van der Waals surface area contributed by atoms with Gasteiger partial charge >= 0.3 is 11.9 Å². The lowest BCUT2D eigenvalue weighted by Gasteiger charge is -2.32. The minimum Gasteiger partial charge on any atom is -0.508 e. The Hall–Kier alpha value is -7.82. The number of thiol groups is 1. The maximum atomic E-state index is 13.9. The van der Waals surface area contributed by atoms with E-state index >= 15 is 0 Å². The van der Waals surface area contributed by atoms with E-state index in [2.05, 4.69) is 55.2 Å². The fourth-order valence-corrected chi connectivity index (χ4v) is 6.99. The molecule has 0 radical (unpaired) electrons. The lowest BCUT2D eigenvalue weighted by molar-refractivity contribution is -0.144. The number of nitrogens with two attached hydrogens (primary N) is 2. The van der Waals surface area contributed by atoms with Crippen LogP contribution in [0.25, 0.3) is 0 Å². The van der Waals surface area contributed by atoms with Gasteiger partial charge in [0.15, 0.2) is 0 Å². The van der Waals surface area contributed by atoms with Gasteiger partial charge in [0, 0.05) is 31.6 Å². The number of carbonyl (C=O) groups is 13. The van der Waals surface area contributed by atoms with Gasteiger partial charge in [-0.2, -0.15) is 12.6 Å². The molecule has 28 nitrogen and oxygen atoms in total. The zero-order chi connectivity index (χ0) is 55.3. The van der Waals surface area contributed by atoms with E-state index in [4.69, 9.17) is 11.5 Å². The quantitative estimate of drug-likeness (QED) is 0.0321. The molecule has 0 fully saturated rings. The largest absolute Gasteiger partial charge is 0.508 e. The number of amides is 11. The van der Waals surface area contributed by atoms with Gasteiger partial charge in [0.05, 0.1) is 18.9 Å². The second-order valence-electron chi connectivity index (χ2n) is 16.9. The van der Waals surface area contributed by atoms with Crippen LogP contribution in [0.15, 0.2) is 36.4 Å². The zero-order valence-electron chi connectivity index (χ0n) is 40.2. The first-order valence-corrected chi connectivity index (χ1v) is 23.2. The fraction of sp³-hybridized carbons (Fsp3) is 0.523. The minimum absolute atomic E-state index is 0.104. The van der Waals surface area contributed by atoms with E-state index in [-0.39, 0.29) is 31.6 Å². The molecule has 1 aromatic rings. The van der Waals surface area contributed by atoms with Gasteiger partial charge in [-0.15, -0.1) is 0 Å². The zero-order valence-corrected chi connectivity index (χ0v) is 41.1. The van der Waals surface area contributed by atoms with Gasteiger partial charge in [-0.3, -0.25) is 62.3 Å². The van der Waals surface area contributed by atoms with Crippen molar-refractivity contribution in [3.05, 3.63) is 42.0 Å². The number of nitrogens with one attached hydrogen (secondary N) is 8. The fourth-order valence-electron chi connectivity index (χ4n) is 6.73. The van der Waals surface area contributed by atoms with E-state index in [1.807, 2.05) is 0 Å². The molecular formula is C44H63N11O17S. The summed E-state index contributed by atoms with van der Waals surface area (Å²) in [5.74, 6) is -15.0. The highest BCUT2D eigenvalue weighted by Crippen LogP contribution is 2.14. The molecule has 1 heterocycles. The predicted octanol–water partition coefficient (Wildman–Crippen LogP) is -5.57. The van der Waals surface area contributed by atoms with Crippen molar-refractivity contribution in [3.8, 4) is 5.75 Å². The second-order valence-corrected chi connectivity index (χ2v) is 17.3. The molecule has 73 heavy (non-hydrogen) atoms. The molecule has 0 saturated heterocycles. The Morgan fingerprint density at radius 2 is 1.23 bits per heavy atom. The van der Waals surface area contributed by atoms with Gasteiger partial charge in [-0.1, -0.05) is 24.3 Å². The second kappa shape index (κ2) is 29.5. The van der Waals surface area contributed by atoms with Crippen LogP contribution >= 0.6 is 12.6 Å². The Morgan fingerprint density at radius 1 is 0.712 bits per heavy atom. The van der Waals surface area contributed by atoms with Crippen molar-refractivity contribution in [2.45, 2.75) is 133 Å². The first kappa shape index (κ1) is 61.3. The number of allylic oxidation sites excluding steroid dienone is 1. The number of hydrogen-bond donors (Lipinski definition) is 15. The molecule has 1 aromatic carbocycles. The molecule has 11 amide bonds. The maximum absolute atomic E-state index is 13.9. The number of carboxylic acids is 2. The number of carbonyl (C=O) groups excluding carboxylic acids is 11. The maximum Gasteiger partial charge on any atom is 0.305 e. The lowest BCUT2D eigenvalue weighted by Crippen LogP contribution is -2.61. The van der Waals surface area contributed by atoms with Gasteiger partial charge in [0.25, 0.3) is 0 Å². The molecule has 402 valence electrons. The molecule has 10 atom stereocenters. The summed E-state index contributed by atoms with van der Waals surface area (Å²) >= 11 is 4.10. The van der Waals surface area contributed by atoms with Gasteiger partial charge in [-0.05, 0) is 58.2 Å². The van der Waals surface area contributed by atoms with Gasteiger partial charge in [0.2, 0.25) is 65.0 Å². The molecule has 0 unspecified atom stereocenters. The minimum atomic E-state index is -1.94. The number of phenolic OH excluding ortho intramolecular Hbond substituents is 1. The lowest BCUT2D eigenvalue weighted by atomic mass is 10.0. The van der Waals surface area contributed by atoms with Crippen molar-refractivity contribution >= 4 is 89.5 Å². The van der Waals surface area contributed by atoms with Crippen LogP contribution in [0.3, 0.4) is 0 Å². The number of hydrogen-bond acceptors (Lipinski definition) is 16. The van der Waals surface area contributed by atoms with Crippen molar-refractivity contribution in [3.63, 3.8) is 0 Å². The SMILES string of the molecule is C[C@H](NC(=O)[C@H](CC(N)=O)NC(=O)[C@H](Cc1ccc(O)cc1)NC(=O)[C@H](CCC(=O)O)NC(=O)[C@H](CS)NC(=O)[C@H](CC(=O)O)NC(=O)[C@H](C)N1C/C=C/CCC(=O)N[C@@H]([C@@H](C)O)C(=O)N[C@@H](C)C1=O)C(N)=O. The van der Waals surface area contributed by atoms with Crippen molar-refractivity contribution in [1.82, 2.24) is 47.4 Å². The summed E-state index contributed by atoms with van der Waals surface area (Å²) in [6, 6.07) is -9.13. The van der Waals surface area contributed by atoms with Crippen LogP contribution in [0.5, 0.6) is 5.75 Å². The first-order chi connectivity index (χ1) is 34.1. The predicted molar refractivity (Wildman–Crippen MR) is 256 cm³/mol. The van der Waals surface area contributed by atoms with Crippen molar-refractivity contribution < 1.29 is 82.8 Å². The van der Waals surface area contributed by atoms with Crippen LogP contribution in [0.2, 0.25) is 0 Å². The molecule has 0 saturated carbocycles. The van der Waals surface area contributed by atoms with Crippen molar-refractivity contribution in [2.24, 2.45) is 11.5 Å². The van der Waals surface area contributed by atoms with Gasteiger partial charge in [0.1, 0.15) is 60.1 Å². The summed E-state index contributed by atoms with van der Waals surface area (Å²) in [7, 11) is 0. The average Bonchev–Trinajstić information content (AvgIpc) is 3.31. The number of aliphatic hydroxyl groups excluding tert-OH is 1. The van der Waals surface area contributed by atoms with E-state index in [0.29, 0.717) is 5.56 Å². The third-order valence-corrected chi connectivity index (χ3v) is 11.3. The van der Waals surface area contributed by atoms with E-state index in [1.165, 1.54) is 64.1 Å². The average molecular weight is 1050 g/mol. The summed E-state index contributed by atoms with van der Waals surface area (Å²) < 4.78 is 0. The molecule has 0 aromatic heterocycles. The Bertz CT molecular complexity index is 2260. The number of aliphatic hydroxyl groups is 1. The third kappa shape index (κ3) is 20.8. The Morgan fingerprint density at radius 3 is 1.79 bits per heavy atom. The van der Waals surface area contributed by atoms with Crippen molar-refractivity contribution in [2.75, 3.05) is 12.3 Å². The number of primary amides is 2. The van der Waals surface area contributed by atoms with Crippen LogP contribution in [0.1, 0.15) is 71.8 Å². The highest BCUT2D eigenvalue weighted by Gasteiger charge is 2.37. The summed E-state index contributed by atoms with van der Waals surface area (Å²) in [5.41, 5.74) is 10.8. The van der Waals surface area contributed by atoms with Crippen LogP contribution in [-0.4, -0.2) is 175 Å². The number of carboxylic acid groups (broad SMARTS) is 2. The number of aliphatic carboxylic acids is 2. The molecule has 2 rings (SSSR count). The van der Waals surface area contributed by atoms with Crippen molar-refractivity contribution in [1.29, 1.82) is 0 Å². The molecule has 29 heteroatoms. The topological polar surface area (TPSA) is 454 Å². The Balaban J connectivity index is 2.40. The van der Waals surface area contributed by atoms with Crippen LogP contribution in [0.4, 0.5) is 0 Å². The molecular weight excluding hydrogens is 987 g/mol. The van der Waals surface area contributed by atoms with E-state index in [0.717, 1.165) is 4.90 Å². The number of aromatic hydroxyl groups is 1. The number of benzene rings is 1. The summed E-state index contributed by atoms with van der Waals surface area (Å²) in [6.07, 6.45) is -2.00. The summed E-state index contributed by atoms with van der Waals surface area (Å²) in [4.78, 5) is 169. The highest BCUT2D eigenvalue weighted by atomic mass is 32.1. The molecule has 0 spiro atoms.